The summed E-state index contributed by atoms with van der Waals surface area (Å²) >= 11 is 1.04. The molecule has 4 atom stereocenters. The molecule has 27 heavy (non-hydrogen) atoms. The minimum absolute atomic E-state index is 0.00824. The van der Waals surface area contributed by atoms with Gasteiger partial charge in [0.1, 0.15) is 17.1 Å². The number of piperidine rings is 1. The monoisotopic (exact) mass is 397 g/mol. The lowest BCUT2D eigenvalue weighted by Gasteiger charge is -2.39. The summed E-state index contributed by atoms with van der Waals surface area (Å²) in [5.41, 5.74) is 0.618. The van der Waals surface area contributed by atoms with Crippen LogP contribution in [0, 0.1) is 11.3 Å². The van der Waals surface area contributed by atoms with Crippen molar-refractivity contribution in [3.05, 3.63) is 28.6 Å². The van der Waals surface area contributed by atoms with Crippen molar-refractivity contribution < 1.29 is 17.6 Å². The van der Waals surface area contributed by atoms with Crippen LogP contribution in [0.4, 0.5) is 23.2 Å². The number of nitrogens with one attached hydrogen (secondary N) is 1. The predicted molar refractivity (Wildman–Crippen MR) is 97.8 cm³/mol. The molecular formula is C19H19F4N3S. The van der Waals surface area contributed by atoms with Crippen molar-refractivity contribution >= 4 is 27.1 Å². The van der Waals surface area contributed by atoms with Gasteiger partial charge in [0, 0.05) is 12.1 Å². The van der Waals surface area contributed by atoms with E-state index in [1.54, 1.807) is 18.2 Å². The van der Waals surface area contributed by atoms with Gasteiger partial charge in [0.2, 0.25) is 0 Å². The van der Waals surface area contributed by atoms with Crippen molar-refractivity contribution in [3.63, 3.8) is 0 Å². The number of hydrogen-bond donors (Lipinski definition) is 1. The second-order valence-corrected chi connectivity index (χ2v) is 8.41. The SMILES string of the molecule is CN1[C@H]2CC[C@@H]1[C@H](F)[C@H](Nc1cccc3c(CC(F)(F)F)c(C#N)sc13)C2. The maximum absolute atomic E-state index is 14.9. The van der Waals surface area contributed by atoms with Gasteiger partial charge in [-0.05, 0) is 43.3 Å². The number of nitrogens with zero attached hydrogens (tertiary/aromatic N) is 2. The molecule has 2 fully saturated rings. The maximum atomic E-state index is 14.9. The van der Waals surface area contributed by atoms with Gasteiger partial charge in [0.25, 0.3) is 0 Å². The highest BCUT2D eigenvalue weighted by atomic mass is 32.1. The highest BCUT2D eigenvalue weighted by Crippen LogP contribution is 2.41. The van der Waals surface area contributed by atoms with E-state index in [2.05, 4.69) is 10.2 Å². The molecular weight excluding hydrogens is 378 g/mol. The molecule has 2 aromatic rings. The number of fused-ring (bicyclic) bond motifs is 3. The van der Waals surface area contributed by atoms with Crippen molar-refractivity contribution in [2.45, 2.75) is 56.2 Å². The van der Waals surface area contributed by atoms with Crippen LogP contribution in [0.2, 0.25) is 0 Å². The second kappa shape index (κ2) is 6.64. The quantitative estimate of drug-likeness (QED) is 0.752. The predicted octanol–water partition coefficient (Wildman–Crippen LogP) is 4.86. The average Bonchev–Trinajstić information content (AvgIpc) is 3.08. The first-order valence-electron chi connectivity index (χ1n) is 8.92. The first-order chi connectivity index (χ1) is 12.8. The van der Waals surface area contributed by atoms with E-state index >= 15 is 0 Å². The van der Waals surface area contributed by atoms with Crippen LogP contribution in [-0.4, -0.2) is 42.4 Å². The van der Waals surface area contributed by atoms with Gasteiger partial charge in [-0.15, -0.1) is 11.3 Å². The Morgan fingerprint density at radius 1 is 1.33 bits per heavy atom. The number of thiophene rings is 1. The van der Waals surface area contributed by atoms with Crippen LogP contribution in [-0.2, 0) is 6.42 Å². The minimum atomic E-state index is -4.39. The number of nitriles is 1. The van der Waals surface area contributed by atoms with Crippen LogP contribution in [0.3, 0.4) is 0 Å². The first-order valence-corrected chi connectivity index (χ1v) is 9.74. The molecule has 8 heteroatoms. The zero-order chi connectivity index (χ0) is 19.3. The standard InChI is InChI=1S/C19H19F4N3S/c1-26-10-5-6-15(26)17(20)14(7-10)25-13-4-2-3-11-12(8-19(21,22)23)16(9-24)27-18(11)13/h2-4,10,14-15,17,25H,5-8H2,1H3/t10-,14+,15+,17+/m0/s1. The minimum Gasteiger partial charge on any atom is -0.378 e. The molecule has 0 spiro atoms. The molecule has 2 aliphatic rings. The zero-order valence-corrected chi connectivity index (χ0v) is 15.5. The number of anilines is 1. The van der Waals surface area contributed by atoms with E-state index in [-0.39, 0.29) is 22.5 Å². The molecule has 0 amide bonds. The van der Waals surface area contributed by atoms with E-state index in [0.717, 1.165) is 24.2 Å². The molecule has 0 saturated carbocycles. The fourth-order valence-corrected chi connectivity index (χ4v) is 5.58. The Morgan fingerprint density at radius 3 is 2.81 bits per heavy atom. The summed E-state index contributed by atoms with van der Waals surface area (Å²) in [4.78, 5) is 2.17. The Morgan fingerprint density at radius 2 is 2.11 bits per heavy atom. The van der Waals surface area contributed by atoms with Crippen molar-refractivity contribution in [2.75, 3.05) is 12.4 Å². The lowest BCUT2D eigenvalue weighted by Crippen LogP contribution is -2.53. The zero-order valence-electron chi connectivity index (χ0n) is 14.7. The summed E-state index contributed by atoms with van der Waals surface area (Å²) in [6.45, 7) is 0. The van der Waals surface area contributed by atoms with Gasteiger partial charge in [-0.2, -0.15) is 18.4 Å². The second-order valence-electron chi connectivity index (χ2n) is 7.39. The molecule has 3 heterocycles. The number of benzene rings is 1. The van der Waals surface area contributed by atoms with Gasteiger partial charge in [0.15, 0.2) is 0 Å². The Kier molecular flexibility index (Phi) is 4.55. The lowest BCUT2D eigenvalue weighted by atomic mass is 9.95. The number of alkyl halides is 4. The largest absolute Gasteiger partial charge is 0.393 e. The molecule has 0 unspecified atom stereocenters. The third-order valence-corrected chi connectivity index (χ3v) is 7.00. The molecule has 2 bridgehead atoms. The van der Waals surface area contributed by atoms with Crippen LogP contribution >= 0.6 is 11.3 Å². The molecule has 1 aromatic carbocycles. The first kappa shape index (κ1) is 18.5. The van der Waals surface area contributed by atoms with E-state index in [9.17, 15) is 22.8 Å². The fraction of sp³-hybridized carbons (Fsp3) is 0.526. The van der Waals surface area contributed by atoms with Crippen LogP contribution < -0.4 is 5.32 Å². The number of hydrogen-bond acceptors (Lipinski definition) is 4. The Bertz CT molecular complexity index is 901. The van der Waals surface area contributed by atoms with E-state index in [4.69, 9.17) is 0 Å². The molecule has 0 aliphatic carbocycles. The van der Waals surface area contributed by atoms with Gasteiger partial charge in [-0.25, -0.2) is 4.39 Å². The van der Waals surface area contributed by atoms with Crippen LogP contribution in [0.25, 0.3) is 10.1 Å². The summed E-state index contributed by atoms with van der Waals surface area (Å²) in [5.74, 6) is 0. The normalized spacial score (nSPS) is 28.4. The van der Waals surface area contributed by atoms with Gasteiger partial charge >= 0.3 is 6.18 Å². The Labute approximate surface area is 158 Å². The topological polar surface area (TPSA) is 39.1 Å². The lowest BCUT2D eigenvalue weighted by molar-refractivity contribution is -0.126. The van der Waals surface area contributed by atoms with Gasteiger partial charge in [-0.3, -0.25) is 4.90 Å². The van der Waals surface area contributed by atoms with E-state index in [1.807, 2.05) is 13.1 Å². The Hall–Kier alpha value is -1.85. The number of rotatable bonds is 3. The van der Waals surface area contributed by atoms with Crippen molar-refractivity contribution in [2.24, 2.45) is 0 Å². The fourth-order valence-electron chi connectivity index (χ4n) is 4.49. The molecule has 144 valence electrons. The van der Waals surface area contributed by atoms with Crippen LogP contribution in [0.5, 0.6) is 0 Å². The molecule has 4 rings (SSSR count). The molecule has 1 N–H and O–H groups in total. The van der Waals surface area contributed by atoms with E-state index < -0.39 is 18.8 Å². The summed E-state index contributed by atoms with van der Waals surface area (Å²) in [7, 11) is 1.95. The number of halogens is 4. The van der Waals surface area contributed by atoms with Crippen LogP contribution in [0.1, 0.15) is 29.7 Å². The summed E-state index contributed by atoms with van der Waals surface area (Å²) in [6.07, 6.45) is -4.09. The summed E-state index contributed by atoms with van der Waals surface area (Å²) in [5, 5.41) is 12.9. The molecule has 2 aliphatic heterocycles. The van der Waals surface area contributed by atoms with Crippen molar-refractivity contribution in [3.8, 4) is 6.07 Å². The smallest absolute Gasteiger partial charge is 0.378 e. The highest BCUT2D eigenvalue weighted by molar-refractivity contribution is 7.20. The molecule has 1 aromatic heterocycles. The summed E-state index contributed by atoms with van der Waals surface area (Å²) in [6, 6.07) is 6.75. The van der Waals surface area contributed by atoms with Gasteiger partial charge in [-0.1, -0.05) is 12.1 Å². The average molecular weight is 397 g/mol. The van der Waals surface area contributed by atoms with Crippen molar-refractivity contribution in [1.82, 2.24) is 4.90 Å². The van der Waals surface area contributed by atoms with Crippen LogP contribution in [0.15, 0.2) is 18.2 Å². The highest BCUT2D eigenvalue weighted by Gasteiger charge is 2.46. The Balaban J connectivity index is 1.68. The molecule has 0 radical (unpaired) electrons. The van der Waals surface area contributed by atoms with Crippen molar-refractivity contribution in [1.29, 1.82) is 5.26 Å². The maximum Gasteiger partial charge on any atom is 0.393 e. The van der Waals surface area contributed by atoms with E-state index in [0.29, 0.717) is 28.2 Å². The third kappa shape index (κ3) is 3.27. The molecule has 3 nitrogen and oxygen atoms in total. The van der Waals surface area contributed by atoms with Gasteiger partial charge in [0.05, 0.1) is 22.8 Å². The van der Waals surface area contributed by atoms with Gasteiger partial charge < -0.3 is 5.32 Å². The van der Waals surface area contributed by atoms with E-state index in [1.165, 1.54) is 0 Å². The third-order valence-electron chi connectivity index (χ3n) is 5.81. The summed E-state index contributed by atoms with van der Waals surface area (Å²) < 4.78 is 54.4. The molecule has 2 saturated heterocycles.